The van der Waals surface area contributed by atoms with E-state index in [9.17, 15) is 0 Å². The fourth-order valence-corrected chi connectivity index (χ4v) is 2.06. The van der Waals surface area contributed by atoms with Gasteiger partial charge in [0.05, 0.1) is 11.0 Å². The van der Waals surface area contributed by atoms with Gasteiger partial charge in [0.1, 0.15) is 0 Å². The van der Waals surface area contributed by atoms with E-state index in [1.165, 1.54) is 5.56 Å². The summed E-state index contributed by atoms with van der Waals surface area (Å²) in [7, 11) is 0. The lowest BCUT2D eigenvalue weighted by Gasteiger charge is -1.89. The fourth-order valence-electron chi connectivity index (χ4n) is 1.23. The molecule has 0 saturated heterocycles. The van der Waals surface area contributed by atoms with Crippen molar-refractivity contribution in [2.24, 2.45) is 0 Å². The van der Waals surface area contributed by atoms with E-state index in [2.05, 4.69) is 41.7 Å². The Morgan fingerprint density at radius 3 is 3.15 bits per heavy atom. The topological polar surface area (TPSA) is 28.7 Å². The van der Waals surface area contributed by atoms with Crippen LogP contribution in [0.25, 0.3) is 11.0 Å². The smallest absolute Gasteiger partial charge is 0.167 e. The molecule has 1 heterocycles. The number of aromatic amines is 1. The summed E-state index contributed by atoms with van der Waals surface area (Å²) in [5.74, 6) is 0. The molecule has 2 rings (SSSR count). The number of aromatic nitrogens is 2. The number of aryl methyl sites for hydroxylation is 1. The van der Waals surface area contributed by atoms with Gasteiger partial charge >= 0.3 is 0 Å². The summed E-state index contributed by atoms with van der Waals surface area (Å²) < 4.78 is 0. The summed E-state index contributed by atoms with van der Waals surface area (Å²) >= 11 is 5.74. The highest BCUT2D eigenvalue weighted by atomic mass is 32.2. The van der Waals surface area contributed by atoms with Gasteiger partial charge in [0, 0.05) is 5.08 Å². The molecule has 0 amide bonds. The Balaban J connectivity index is 2.49. The van der Waals surface area contributed by atoms with Crippen LogP contribution in [0.1, 0.15) is 5.56 Å². The number of H-pyrrole nitrogens is 1. The zero-order chi connectivity index (χ0) is 9.26. The summed E-state index contributed by atoms with van der Waals surface area (Å²) in [5, 5.41) is 1.69. The Kier molecular flexibility index (Phi) is 2.51. The highest BCUT2D eigenvalue weighted by Crippen LogP contribution is 2.20. The molecule has 1 aromatic carbocycles. The molecule has 1 aromatic heterocycles. The first-order valence-corrected chi connectivity index (χ1v) is 5.61. The van der Waals surface area contributed by atoms with Crippen LogP contribution in [0.15, 0.2) is 23.4 Å². The Labute approximate surface area is 86.5 Å². The maximum atomic E-state index is 4.40. The normalized spacial score (nSPS) is 10.9. The minimum absolute atomic E-state index is 0.749. The second kappa shape index (κ2) is 3.64. The van der Waals surface area contributed by atoms with Crippen molar-refractivity contribution in [3.05, 3.63) is 23.8 Å². The van der Waals surface area contributed by atoms with Gasteiger partial charge in [0.2, 0.25) is 0 Å². The molecule has 0 aliphatic carbocycles. The Morgan fingerprint density at radius 2 is 2.38 bits per heavy atom. The molecule has 0 aliphatic heterocycles. The molecule has 2 aromatic rings. The number of rotatable bonds is 2. The van der Waals surface area contributed by atoms with Crippen LogP contribution >= 0.6 is 24.4 Å². The van der Waals surface area contributed by atoms with E-state index < -0.39 is 0 Å². The quantitative estimate of drug-likeness (QED) is 0.453. The van der Waals surface area contributed by atoms with Crippen molar-refractivity contribution in [2.75, 3.05) is 5.08 Å². The van der Waals surface area contributed by atoms with Crippen LogP contribution in [0, 0.1) is 6.92 Å². The fraction of sp³-hybridized carbons (Fsp3) is 0.222. The van der Waals surface area contributed by atoms with Crippen LogP contribution in [0.4, 0.5) is 0 Å². The van der Waals surface area contributed by atoms with Gasteiger partial charge in [0.25, 0.3) is 0 Å². The Hall–Kier alpha value is -0.610. The summed E-state index contributed by atoms with van der Waals surface area (Å²) in [6.45, 7) is 2.08. The third kappa shape index (κ3) is 1.84. The van der Waals surface area contributed by atoms with E-state index in [0.717, 1.165) is 21.3 Å². The van der Waals surface area contributed by atoms with E-state index >= 15 is 0 Å². The first kappa shape index (κ1) is 8.97. The van der Waals surface area contributed by atoms with Gasteiger partial charge in [-0.3, -0.25) is 0 Å². The van der Waals surface area contributed by atoms with Gasteiger partial charge in [-0.15, -0.1) is 0 Å². The monoisotopic (exact) mass is 210 g/mol. The molecule has 0 aliphatic rings. The molecule has 0 unspecified atom stereocenters. The van der Waals surface area contributed by atoms with Gasteiger partial charge in [0.15, 0.2) is 5.16 Å². The average molecular weight is 210 g/mol. The summed E-state index contributed by atoms with van der Waals surface area (Å²) in [6.07, 6.45) is 0. The highest BCUT2D eigenvalue weighted by molar-refractivity contribution is 8.09. The SMILES string of the molecule is Cc1ccc2nc(SCS)[nH]c2c1. The minimum atomic E-state index is 0.749. The molecule has 1 N–H and O–H groups in total. The van der Waals surface area contributed by atoms with Crippen LogP contribution in [-0.2, 0) is 0 Å². The number of imidazole rings is 1. The molecular formula is C9H10N2S2. The molecule has 2 nitrogen and oxygen atoms in total. The van der Waals surface area contributed by atoms with Gasteiger partial charge in [-0.25, -0.2) is 4.98 Å². The van der Waals surface area contributed by atoms with Gasteiger partial charge in [-0.2, -0.15) is 12.6 Å². The van der Waals surface area contributed by atoms with E-state index in [4.69, 9.17) is 0 Å². The molecule has 13 heavy (non-hydrogen) atoms. The number of thioether (sulfide) groups is 1. The lowest BCUT2D eigenvalue weighted by Crippen LogP contribution is -1.71. The number of benzene rings is 1. The average Bonchev–Trinajstić information content (AvgIpc) is 2.46. The lowest BCUT2D eigenvalue weighted by molar-refractivity contribution is 1.08. The number of hydrogen-bond acceptors (Lipinski definition) is 3. The van der Waals surface area contributed by atoms with Crippen LogP contribution < -0.4 is 0 Å². The van der Waals surface area contributed by atoms with Crippen LogP contribution in [0.2, 0.25) is 0 Å². The second-order valence-corrected chi connectivity index (χ2v) is 4.54. The van der Waals surface area contributed by atoms with E-state index in [-0.39, 0.29) is 0 Å². The van der Waals surface area contributed by atoms with E-state index in [1.807, 2.05) is 6.07 Å². The molecule has 0 atom stereocenters. The largest absolute Gasteiger partial charge is 0.333 e. The number of fused-ring (bicyclic) bond motifs is 1. The van der Waals surface area contributed by atoms with Crippen molar-refractivity contribution in [3.63, 3.8) is 0 Å². The number of nitrogens with one attached hydrogen (secondary N) is 1. The van der Waals surface area contributed by atoms with E-state index in [1.54, 1.807) is 11.8 Å². The molecule has 0 spiro atoms. The summed E-state index contributed by atoms with van der Waals surface area (Å²) in [4.78, 5) is 7.64. The molecule has 0 saturated carbocycles. The summed E-state index contributed by atoms with van der Waals surface area (Å²) in [5.41, 5.74) is 3.37. The minimum Gasteiger partial charge on any atom is -0.333 e. The lowest BCUT2D eigenvalue weighted by atomic mass is 10.2. The zero-order valence-electron chi connectivity index (χ0n) is 7.24. The Bertz CT molecular complexity index is 422. The van der Waals surface area contributed by atoms with Crippen LogP contribution in [-0.4, -0.2) is 15.1 Å². The highest BCUT2D eigenvalue weighted by Gasteiger charge is 2.01. The van der Waals surface area contributed by atoms with Gasteiger partial charge < -0.3 is 4.98 Å². The van der Waals surface area contributed by atoms with Crippen molar-refractivity contribution in [1.29, 1.82) is 0 Å². The molecular weight excluding hydrogens is 200 g/mol. The molecule has 4 heteroatoms. The molecule has 0 bridgehead atoms. The standard InChI is InChI=1S/C9H10N2S2/c1-6-2-3-7-8(4-6)11-9(10-7)13-5-12/h2-4,12H,5H2,1H3,(H,10,11). The number of nitrogens with zero attached hydrogens (tertiary/aromatic N) is 1. The van der Waals surface area contributed by atoms with Gasteiger partial charge in [-0.05, 0) is 24.6 Å². The van der Waals surface area contributed by atoms with Crippen molar-refractivity contribution in [3.8, 4) is 0 Å². The predicted molar refractivity (Wildman–Crippen MR) is 60.5 cm³/mol. The van der Waals surface area contributed by atoms with Crippen LogP contribution in [0.5, 0.6) is 0 Å². The first-order chi connectivity index (χ1) is 6.29. The first-order valence-electron chi connectivity index (χ1n) is 3.99. The molecule has 0 fully saturated rings. The zero-order valence-corrected chi connectivity index (χ0v) is 8.95. The van der Waals surface area contributed by atoms with Crippen LogP contribution in [0.3, 0.4) is 0 Å². The maximum absolute atomic E-state index is 4.40. The summed E-state index contributed by atoms with van der Waals surface area (Å²) in [6, 6.07) is 6.20. The Morgan fingerprint density at radius 1 is 1.54 bits per heavy atom. The maximum Gasteiger partial charge on any atom is 0.167 e. The third-order valence-corrected chi connectivity index (χ3v) is 2.80. The second-order valence-electron chi connectivity index (χ2n) is 2.84. The van der Waals surface area contributed by atoms with Crippen molar-refractivity contribution >= 4 is 35.4 Å². The predicted octanol–water partition coefficient (Wildman–Crippen LogP) is 2.85. The van der Waals surface area contributed by atoms with Crippen molar-refractivity contribution in [1.82, 2.24) is 9.97 Å². The molecule has 68 valence electrons. The van der Waals surface area contributed by atoms with Crippen molar-refractivity contribution in [2.45, 2.75) is 12.1 Å². The van der Waals surface area contributed by atoms with Gasteiger partial charge in [-0.1, -0.05) is 17.8 Å². The number of hydrogen-bond donors (Lipinski definition) is 2. The van der Waals surface area contributed by atoms with Crippen molar-refractivity contribution < 1.29 is 0 Å². The third-order valence-electron chi connectivity index (χ3n) is 1.82. The number of thiol groups is 1. The molecule has 0 radical (unpaired) electrons. The van der Waals surface area contributed by atoms with E-state index in [0.29, 0.717) is 0 Å².